The Morgan fingerprint density at radius 1 is 1.11 bits per heavy atom. The van der Waals surface area contributed by atoms with Gasteiger partial charge in [-0.25, -0.2) is 0 Å². The smallest absolute Gasteiger partial charge is 0.122 e. The third-order valence-electron chi connectivity index (χ3n) is 2.39. The van der Waals surface area contributed by atoms with Crippen molar-refractivity contribution in [3.05, 3.63) is 0 Å². The number of rotatable bonds is 2. The molecule has 0 radical (unpaired) electrons. The van der Waals surface area contributed by atoms with Gasteiger partial charge < -0.3 is 0 Å². The Morgan fingerprint density at radius 3 is 1.78 bits per heavy atom. The second kappa shape index (κ2) is 1.48. The van der Waals surface area contributed by atoms with E-state index in [2.05, 4.69) is 23.9 Å². The molecule has 0 saturated carbocycles. The first-order valence-electron chi connectivity index (χ1n) is 3.71. The van der Waals surface area contributed by atoms with Crippen molar-refractivity contribution in [2.75, 3.05) is 26.4 Å². The summed E-state index contributed by atoms with van der Waals surface area (Å²) in [5.74, 6) is 0. The van der Waals surface area contributed by atoms with Crippen LogP contribution in [0.4, 0.5) is 0 Å². The quantitative estimate of drug-likeness (QED) is 0.387. The maximum atomic E-state index is 2.46. The Bertz CT molecular complexity index is 118. The lowest BCUT2D eigenvalue weighted by Crippen LogP contribution is -2.13. The van der Waals surface area contributed by atoms with E-state index < -0.39 is 0 Å². The maximum absolute atomic E-state index is 2.46. The van der Waals surface area contributed by atoms with Gasteiger partial charge in [-0.3, -0.25) is 0 Å². The monoisotopic (exact) mass is 128 g/mol. The molecule has 2 rings (SSSR count). The molecule has 0 bridgehead atoms. The third kappa shape index (κ3) is 0.569. The Kier molecular flexibility index (Phi) is 0.928. The second-order valence-electron chi connectivity index (χ2n) is 2.81. The van der Waals surface area contributed by atoms with E-state index in [0.29, 0.717) is 0 Å². The van der Waals surface area contributed by atoms with E-state index in [1.165, 1.54) is 31.1 Å². The molecule has 2 heterocycles. The summed E-state index contributed by atoms with van der Waals surface area (Å²) in [6, 6.07) is 0. The highest BCUT2D eigenvalue weighted by atomic mass is 16.2. The van der Waals surface area contributed by atoms with E-state index in [1.807, 2.05) is 0 Å². The lowest BCUT2D eigenvalue weighted by molar-refractivity contribution is -0.804. The molecular formula is C6H14N3+. The van der Waals surface area contributed by atoms with Gasteiger partial charge in [0.05, 0.1) is 13.1 Å². The van der Waals surface area contributed by atoms with Crippen molar-refractivity contribution in [3.63, 3.8) is 0 Å². The van der Waals surface area contributed by atoms with Crippen LogP contribution in [-0.2, 0) is 0 Å². The van der Waals surface area contributed by atoms with Crippen molar-refractivity contribution in [2.45, 2.75) is 13.8 Å². The van der Waals surface area contributed by atoms with Crippen molar-refractivity contribution in [1.82, 2.24) is 10.0 Å². The fraction of sp³-hybridized carbons (Fsp3) is 1.00. The van der Waals surface area contributed by atoms with Crippen molar-refractivity contribution in [3.8, 4) is 0 Å². The number of quaternary nitrogens is 1. The standard InChI is InChI=1S/C6H14N3/c1-3-7-5-9(7)6-8(9)4-2/h3-6H2,1-2H3/q+1. The summed E-state index contributed by atoms with van der Waals surface area (Å²) in [6.07, 6.45) is 0. The lowest BCUT2D eigenvalue weighted by atomic mass is 10.8. The minimum atomic E-state index is 1.19. The molecule has 2 unspecified atom stereocenters. The molecule has 0 amide bonds. The van der Waals surface area contributed by atoms with Gasteiger partial charge in [0.25, 0.3) is 0 Å². The molecule has 1 spiro atoms. The van der Waals surface area contributed by atoms with Crippen LogP contribution in [0.15, 0.2) is 0 Å². The summed E-state index contributed by atoms with van der Waals surface area (Å²) >= 11 is 0. The fourth-order valence-corrected chi connectivity index (χ4v) is 1.60. The molecule has 0 aromatic heterocycles. The summed E-state index contributed by atoms with van der Waals surface area (Å²) < 4.78 is 1.19. The molecule has 2 aliphatic rings. The Hall–Kier alpha value is -0.120. The van der Waals surface area contributed by atoms with Crippen LogP contribution in [0.3, 0.4) is 0 Å². The van der Waals surface area contributed by atoms with E-state index in [9.17, 15) is 0 Å². The SMILES string of the molecule is CCN1C[N+]12CN2CC. The van der Waals surface area contributed by atoms with Gasteiger partial charge in [0, 0.05) is 0 Å². The minimum Gasteiger partial charge on any atom is -0.122 e. The second-order valence-corrected chi connectivity index (χ2v) is 2.81. The van der Waals surface area contributed by atoms with Crippen LogP contribution < -0.4 is 0 Å². The van der Waals surface area contributed by atoms with E-state index in [4.69, 9.17) is 0 Å². The maximum Gasteiger partial charge on any atom is 0.217 e. The third-order valence-corrected chi connectivity index (χ3v) is 2.39. The van der Waals surface area contributed by atoms with Gasteiger partial charge in [0.15, 0.2) is 0 Å². The highest BCUT2D eigenvalue weighted by molar-refractivity contribution is 4.60. The van der Waals surface area contributed by atoms with E-state index in [0.717, 1.165) is 0 Å². The molecule has 0 aromatic rings. The number of hydrogen-bond donors (Lipinski definition) is 0. The molecular weight excluding hydrogens is 114 g/mol. The first-order chi connectivity index (χ1) is 4.33. The van der Waals surface area contributed by atoms with Crippen molar-refractivity contribution in [2.24, 2.45) is 0 Å². The van der Waals surface area contributed by atoms with Crippen LogP contribution in [0, 0.1) is 0 Å². The zero-order valence-electron chi connectivity index (χ0n) is 6.17. The number of nitrogens with zero attached hydrogens (tertiary/aromatic N) is 3. The van der Waals surface area contributed by atoms with E-state index >= 15 is 0 Å². The van der Waals surface area contributed by atoms with Crippen LogP contribution in [0.25, 0.3) is 0 Å². The molecule has 2 fully saturated rings. The molecule has 2 aliphatic heterocycles. The van der Waals surface area contributed by atoms with Gasteiger partial charge in [-0.1, -0.05) is 10.0 Å². The molecule has 52 valence electrons. The fourth-order valence-electron chi connectivity index (χ4n) is 1.60. The zero-order chi connectivity index (χ0) is 6.48. The molecule has 0 N–H and O–H groups in total. The Labute approximate surface area is 56.0 Å². The highest BCUT2D eigenvalue weighted by Gasteiger charge is 2.71. The van der Waals surface area contributed by atoms with Crippen molar-refractivity contribution in [1.29, 1.82) is 0 Å². The summed E-state index contributed by atoms with van der Waals surface area (Å²) in [5.41, 5.74) is 0. The van der Waals surface area contributed by atoms with Gasteiger partial charge in [-0.15, -0.1) is 4.70 Å². The molecule has 0 aromatic carbocycles. The average Bonchev–Trinajstić information content (AvgIpc) is 2.74. The predicted molar refractivity (Wildman–Crippen MR) is 34.8 cm³/mol. The predicted octanol–water partition coefficient (Wildman–Crippen LogP) is 0.219. The Balaban J connectivity index is 1.90. The van der Waals surface area contributed by atoms with Crippen LogP contribution in [0.5, 0.6) is 0 Å². The molecule has 0 aliphatic carbocycles. The van der Waals surface area contributed by atoms with E-state index in [1.54, 1.807) is 0 Å². The first-order valence-corrected chi connectivity index (χ1v) is 3.71. The van der Waals surface area contributed by atoms with Gasteiger partial charge >= 0.3 is 0 Å². The highest BCUT2D eigenvalue weighted by Crippen LogP contribution is 2.43. The van der Waals surface area contributed by atoms with Gasteiger partial charge in [0.1, 0.15) is 0 Å². The average molecular weight is 128 g/mol. The van der Waals surface area contributed by atoms with Gasteiger partial charge in [0.2, 0.25) is 13.3 Å². The van der Waals surface area contributed by atoms with Crippen LogP contribution in [-0.4, -0.2) is 41.1 Å². The molecule has 2 atom stereocenters. The normalized spacial score (nSPS) is 54.0. The lowest BCUT2D eigenvalue weighted by Gasteiger charge is -1.91. The largest absolute Gasteiger partial charge is 0.217 e. The number of hydrogen-bond acceptors (Lipinski definition) is 2. The van der Waals surface area contributed by atoms with Crippen LogP contribution in [0.2, 0.25) is 0 Å². The molecule has 3 nitrogen and oxygen atoms in total. The summed E-state index contributed by atoms with van der Waals surface area (Å²) in [5, 5.41) is 4.92. The first kappa shape index (κ1) is 5.65. The summed E-state index contributed by atoms with van der Waals surface area (Å²) in [7, 11) is 0. The van der Waals surface area contributed by atoms with Gasteiger partial charge in [-0.05, 0) is 13.8 Å². The van der Waals surface area contributed by atoms with Crippen LogP contribution in [0.1, 0.15) is 13.8 Å². The van der Waals surface area contributed by atoms with Crippen molar-refractivity contribution >= 4 is 0 Å². The molecule has 3 heteroatoms. The van der Waals surface area contributed by atoms with Crippen molar-refractivity contribution < 1.29 is 4.70 Å². The summed E-state index contributed by atoms with van der Waals surface area (Å²) in [6.45, 7) is 9.39. The molecule has 9 heavy (non-hydrogen) atoms. The van der Waals surface area contributed by atoms with Gasteiger partial charge in [-0.2, -0.15) is 0 Å². The Morgan fingerprint density at radius 2 is 1.56 bits per heavy atom. The van der Waals surface area contributed by atoms with Crippen LogP contribution >= 0.6 is 0 Å². The summed E-state index contributed by atoms with van der Waals surface area (Å²) in [4.78, 5) is 0. The topological polar surface area (TPSA) is 6.02 Å². The minimum absolute atomic E-state index is 1.19. The molecule has 2 saturated heterocycles. The van der Waals surface area contributed by atoms with E-state index in [-0.39, 0.29) is 0 Å². The zero-order valence-corrected chi connectivity index (χ0v) is 6.17.